The quantitative estimate of drug-likeness (QED) is 0.875. The molecule has 1 unspecified atom stereocenters. The fraction of sp³-hybridized carbons (Fsp3) is 0.462. The third kappa shape index (κ3) is 4.74. The molecule has 1 rings (SSSR count). The van der Waals surface area contributed by atoms with Gasteiger partial charge in [-0.05, 0) is 60.3 Å². The maximum Gasteiger partial charge on any atom is 0.224 e. The lowest BCUT2D eigenvalue weighted by atomic mass is 10.1. The van der Waals surface area contributed by atoms with Crippen molar-refractivity contribution in [2.45, 2.75) is 39.2 Å². The second-order valence-electron chi connectivity index (χ2n) is 4.50. The lowest BCUT2D eigenvalue weighted by molar-refractivity contribution is -0.116. The smallest absolute Gasteiger partial charge is 0.224 e. The molecule has 3 N–H and O–H groups in total. The first-order chi connectivity index (χ1) is 8.40. The van der Waals surface area contributed by atoms with E-state index < -0.39 is 0 Å². The van der Waals surface area contributed by atoms with Gasteiger partial charge in [0.2, 0.25) is 5.91 Å². The van der Waals surface area contributed by atoms with Crippen molar-refractivity contribution in [3.8, 4) is 0 Å². The van der Waals surface area contributed by atoms with Gasteiger partial charge in [-0.25, -0.2) is 4.39 Å². The number of halogens is 2. The maximum atomic E-state index is 13.4. The molecule has 0 saturated carbocycles. The number of rotatable bonds is 5. The van der Waals surface area contributed by atoms with E-state index in [-0.39, 0.29) is 17.8 Å². The van der Waals surface area contributed by atoms with Crippen molar-refractivity contribution in [3.63, 3.8) is 0 Å². The number of benzene rings is 1. The highest BCUT2D eigenvalue weighted by molar-refractivity contribution is 9.10. The zero-order valence-corrected chi connectivity index (χ0v) is 12.2. The van der Waals surface area contributed by atoms with Crippen LogP contribution in [-0.4, -0.2) is 11.9 Å². The molecule has 1 atom stereocenters. The number of amides is 1. The Labute approximate surface area is 115 Å². The number of hydrogen-bond acceptors (Lipinski definition) is 2. The molecular formula is C13H18BrFN2O. The second kappa shape index (κ2) is 6.85. The van der Waals surface area contributed by atoms with Gasteiger partial charge in [0.25, 0.3) is 0 Å². The summed E-state index contributed by atoms with van der Waals surface area (Å²) < 4.78 is 13.8. The molecule has 0 radical (unpaired) electrons. The lowest BCUT2D eigenvalue weighted by Gasteiger charge is -2.10. The van der Waals surface area contributed by atoms with Crippen LogP contribution in [0, 0.1) is 12.7 Å². The summed E-state index contributed by atoms with van der Waals surface area (Å²) in [5, 5.41) is 2.71. The van der Waals surface area contributed by atoms with Crippen molar-refractivity contribution in [3.05, 3.63) is 28.0 Å². The van der Waals surface area contributed by atoms with Crippen LogP contribution in [0.25, 0.3) is 0 Å². The highest BCUT2D eigenvalue weighted by atomic mass is 79.9. The van der Waals surface area contributed by atoms with Crippen molar-refractivity contribution in [1.29, 1.82) is 0 Å². The Hall–Kier alpha value is -0.940. The molecule has 100 valence electrons. The van der Waals surface area contributed by atoms with Crippen LogP contribution in [0.2, 0.25) is 0 Å². The molecule has 0 heterocycles. The van der Waals surface area contributed by atoms with Crippen LogP contribution in [0.15, 0.2) is 16.6 Å². The summed E-state index contributed by atoms with van der Waals surface area (Å²) in [6.45, 7) is 3.73. The fourth-order valence-electron chi connectivity index (χ4n) is 1.58. The van der Waals surface area contributed by atoms with Crippen molar-refractivity contribution in [2.75, 3.05) is 5.32 Å². The highest BCUT2D eigenvalue weighted by Gasteiger charge is 2.08. The second-order valence-corrected chi connectivity index (χ2v) is 5.35. The number of carbonyl (C=O) groups excluding carboxylic acids is 1. The summed E-state index contributed by atoms with van der Waals surface area (Å²) in [6, 6.07) is 3.07. The normalized spacial score (nSPS) is 12.3. The van der Waals surface area contributed by atoms with Gasteiger partial charge in [0.1, 0.15) is 5.82 Å². The summed E-state index contributed by atoms with van der Waals surface area (Å²) >= 11 is 3.10. The van der Waals surface area contributed by atoms with Crippen LogP contribution < -0.4 is 11.1 Å². The van der Waals surface area contributed by atoms with Crippen LogP contribution in [-0.2, 0) is 4.79 Å². The van der Waals surface area contributed by atoms with Crippen LogP contribution in [0.3, 0.4) is 0 Å². The highest BCUT2D eigenvalue weighted by Crippen LogP contribution is 2.24. The minimum Gasteiger partial charge on any atom is -0.328 e. The maximum absolute atomic E-state index is 13.4. The van der Waals surface area contributed by atoms with E-state index in [1.54, 1.807) is 6.07 Å². The molecule has 0 bridgehead atoms. The van der Waals surface area contributed by atoms with Gasteiger partial charge >= 0.3 is 0 Å². The van der Waals surface area contributed by atoms with E-state index in [0.29, 0.717) is 16.6 Å². The third-order valence-corrected chi connectivity index (χ3v) is 3.21. The summed E-state index contributed by atoms with van der Waals surface area (Å²) in [7, 11) is 0. The van der Waals surface area contributed by atoms with Crippen LogP contribution in [0.5, 0.6) is 0 Å². The topological polar surface area (TPSA) is 55.1 Å². The van der Waals surface area contributed by atoms with E-state index in [0.717, 1.165) is 18.4 Å². The molecule has 0 saturated heterocycles. The summed E-state index contributed by atoms with van der Waals surface area (Å²) in [5.74, 6) is -0.494. The van der Waals surface area contributed by atoms with Crippen LogP contribution in [0.1, 0.15) is 31.7 Å². The average molecular weight is 317 g/mol. The molecule has 5 heteroatoms. The number of aryl methyl sites for hydroxylation is 1. The zero-order valence-electron chi connectivity index (χ0n) is 10.6. The first-order valence-corrected chi connectivity index (χ1v) is 6.70. The monoisotopic (exact) mass is 316 g/mol. The summed E-state index contributed by atoms with van der Waals surface area (Å²) in [5.41, 5.74) is 6.94. The van der Waals surface area contributed by atoms with Gasteiger partial charge in [-0.2, -0.15) is 0 Å². The Bertz CT molecular complexity index is 435. The predicted octanol–water partition coefficient (Wildman–Crippen LogP) is 3.35. The molecule has 3 nitrogen and oxygen atoms in total. The van der Waals surface area contributed by atoms with E-state index in [1.165, 1.54) is 6.07 Å². The molecule has 1 aromatic carbocycles. The molecule has 0 aliphatic rings. The van der Waals surface area contributed by atoms with Crippen molar-refractivity contribution < 1.29 is 9.18 Å². The molecule has 0 aliphatic heterocycles. The Morgan fingerprint density at radius 3 is 2.83 bits per heavy atom. The Morgan fingerprint density at radius 2 is 2.22 bits per heavy atom. The molecule has 0 aromatic heterocycles. The number of anilines is 1. The lowest BCUT2D eigenvalue weighted by Crippen LogP contribution is -2.17. The summed E-state index contributed by atoms with van der Waals surface area (Å²) in [6.07, 6.45) is 1.95. The standard InChI is InChI=1S/C13H18BrFN2O/c1-8-6-10(14)11(15)7-12(8)17-13(18)5-3-4-9(2)16/h6-7,9H,3-5,16H2,1-2H3,(H,17,18). The van der Waals surface area contributed by atoms with Crippen LogP contribution >= 0.6 is 15.9 Å². The molecular weight excluding hydrogens is 299 g/mol. The predicted molar refractivity (Wildman–Crippen MR) is 75.0 cm³/mol. The molecule has 0 fully saturated rings. The minimum atomic E-state index is -0.383. The third-order valence-electron chi connectivity index (χ3n) is 2.60. The van der Waals surface area contributed by atoms with E-state index in [9.17, 15) is 9.18 Å². The van der Waals surface area contributed by atoms with Crippen molar-refractivity contribution in [2.24, 2.45) is 5.73 Å². The van der Waals surface area contributed by atoms with Crippen molar-refractivity contribution >= 4 is 27.5 Å². The molecule has 18 heavy (non-hydrogen) atoms. The van der Waals surface area contributed by atoms with Crippen LogP contribution in [0.4, 0.5) is 10.1 Å². The first-order valence-electron chi connectivity index (χ1n) is 5.91. The first kappa shape index (κ1) is 15.1. The van der Waals surface area contributed by atoms with Gasteiger partial charge in [0, 0.05) is 18.2 Å². The van der Waals surface area contributed by atoms with Gasteiger partial charge in [-0.15, -0.1) is 0 Å². The summed E-state index contributed by atoms with van der Waals surface area (Å²) in [4.78, 5) is 11.7. The molecule has 0 spiro atoms. The molecule has 0 aliphatic carbocycles. The number of nitrogens with two attached hydrogens (primary N) is 1. The van der Waals surface area contributed by atoms with Gasteiger partial charge in [0.05, 0.1) is 4.47 Å². The molecule has 1 aromatic rings. The van der Waals surface area contributed by atoms with Gasteiger partial charge < -0.3 is 11.1 Å². The van der Waals surface area contributed by atoms with E-state index in [2.05, 4.69) is 21.2 Å². The average Bonchev–Trinajstić information content (AvgIpc) is 2.25. The minimum absolute atomic E-state index is 0.102. The SMILES string of the molecule is Cc1cc(Br)c(F)cc1NC(=O)CCCC(C)N. The fourth-order valence-corrected chi connectivity index (χ4v) is 2.04. The largest absolute Gasteiger partial charge is 0.328 e. The Morgan fingerprint density at radius 1 is 1.56 bits per heavy atom. The van der Waals surface area contributed by atoms with Gasteiger partial charge in [0.15, 0.2) is 0 Å². The van der Waals surface area contributed by atoms with Gasteiger partial charge in [-0.1, -0.05) is 0 Å². The van der Waals surface area contributed by atoms with E-state index in [4.69, 9.17) is 5.73 Å². The Balaban J connectivity index is 2.57. The number of nitrogens with one attached hydrogen (secondary N) is 1. The van der Waals surface area contributed by atoms with Gasteiger partial charge in [-0.3, -0.25) is 4.79 Å². The molecule has 1 amide bonds. The van der Waals surface area contributed by atoms with E-state index >= 15 is 0 Å². The Kier molecular flexibility index (Phi) is 5.75. The zero-order chi connectivity index (χ0) is 13.7. The number of carbonyl (C=O) groups is 1. The van der Waals surface area contributed by atoms with E-state index in [1.807, 2.05) is 13.8 Å². The number of hydrogen-bond donors (Lipinski definition) is 2. The van der Waals surface area contributed by atoms with Crippen molar-refractivity contribution in [1.82, 2.24) is 0 Å².